The molecule has 2 aliphatic rings. The summed E-state index contributed by atoms with van der Waals surface area (Å²) >= 11 is 0. The number of benzene rings is 2. The average Bonchev–Trinajstić information content (AvgIpc) is 3.04. The van der Waals surface area contributed by atoms with E-state index in [1.807, 2.05) is 60.7 Å². The van der Waals surface area contributed by atoms with Gasteiger partial charge < -0.3 is 9.05 Å². The zero-order valence-electron chi connectivity index (χ0n) is 30.1. The molecule has 2 aliphatic carbocycles. The van der Waals surface area contributed by atoms with Gasteiger partial charge >= 0.3 is 0 Å². The number of unbranched alkanes of at least 4 members (excludes halogenated alkanes) is 2. The van der Waals surface area contributed by atoms with Crippen molar-refractivity contribution in [2.75, 3.05) is 0 Å². The number of hydrogen-bond donors (Lipinski definition) is 0. The molecule has 260 valence electrons. The van der Waals surface area contributed by atoms with Crippen molar-refractivity contribution in [2.45, 2.75) is 124 Å². The third-order valence-electron chi connectivity index (χ3n) is 10.9. The predicted octanol–water partition coefficient (Wildman–Crippen LogP) is 12.1. The van der Waals surface area contributed by atoms with Gasteiger partial charge in [0, 0.05) is 21.2 Å². The molecular formula is C41H62O4P2. The van der Waals surface area contributed by atoms with Gasteiger partial charge in [-0.3, -0.25) is 9.13 Å². The van der Waals surface area contributed by atoms with Crippen LogP contribution in [0.15, 0.2) is 84.4 Å². The van der Waals surface area contributed by atoms with E-state index < -0.39 is 14.7 Å². The Labute approximate surface area is 287 Å². The Kier molecular flexibility index (Phi) is 14.0. The first-order chi connectivity index (χ1) is 22.3. The van der Waals surface area contributed by atoms with Crippen molar-refractivity contribution >= 4 is 25.3 Å². The van der Waals surface area contributed by atoms with Crippen LogP contribution in [-0.2, 0) is 18.2 Å². The maximum Gasteiger partial charge on any atom is 0.257 e. The lowest BCUT2D eigenvalue weighted by atomic mass is 9.75. The monoisotopic (exact) mass is 680 g/mol. The Balaban J connectivity index is 1.41. The van der Waals surface area contributed by atoms with Crippen LogP contribution in [0.25, 0.3) is 0 Å². The molecule has 47 heavy (non-hydrogen) atoms. The van der Waals surface area contributed by atoms with Crippen LogP contribution < -0.4 is 10.6 Å². The van der Waals surface area contributed by atoms with Crippen LogP contribution >= 0.6 is 14.7 Å². The first-order valence-electron chi connectivity index (χ1n) is 18.4. The molecule has 0 aliphatic heterocycles. The molecule has 2 aromatic carbocycles. The molecule has 0 spiro atoms. The van der Waals surface area contributed by atoms with Crippen LogP contribution in [0, 0.1) is 35.5 Å². The second kappa shape index (κ2) is 17.3. The smallest absolute Gasteiger partial charge is 0.257 e. The van der Waals surface area contributed by atoms with E-state index in [1.165, 1.54) is 12.8 Å². The molecule has 0 N–H and O–H groups in total. The first-order valence-corrected chi connectivity index (χ1v) is 21.6. The number of allylic oxidation sites excluding steroid dienone is 2. The minimum absolute atomic E-state index is 0.0283. The second-order valence-corrected chi connectivity index (χ2v) is 20.3. The summed E-state index contributed by atoms with van der Waals surface area (Å²) in [5.74, 6) is 2.89. The van der Waals surface area contributed by atoms with Gasteiger partial charge in [0.25, 0.3) is 14.7 Å². The van der Waals surface area contributed by atoms with Gasteiger partial charge in [-0.1, -0.05) is 110 Å². The first kappa shape index (κ1) is 38.1. The summed E-state index contributed by atoms with van der Waals surface area (Å²) in [6.45, 7) is 22.4. The third kappa shape index (κ3) is 9.72. The van der Waals surface area contributed by atoms with Crippen LogP contribution in [0.2, 0.25) is 0 Å². The lowest BCUT2D eigenvalue weighted by Crippen LogP contribution is -2.34. The summed E-state index contributed by atoms with van der Waals surface area (Å²) < 4.78 is 43.1. The summed E-state index contributed by atoms with van der Waals surface area (Å²) in [6.07, 6.45) is 10.3. The molecule has 0 radical (unpaired) electrons. The van der Waals surface area contributed by atoms with Gasteiger partial charge in [0.1, 0.15) is 0 Å². The molecule has 4 rings (SSSR count). The van der Waals surface area contributed by atoms with Crippen LogP contribution in [0.5, 0.6) is 0 Å². The number of rotatable bonds is 16. The van der Waals surface area contributed by atoms with E-state index in [9.17, 15) is 9.13 Å². The fourth-order valence-corrected chi connectivity index (χ4v) is 12.4. The highest BCUT2D eigenvalue weighted by atomic mass is 31.2. The highest BCUT2D eigenvalue weighted by Gasteiger charge is 2.40. The molecule has 0 unspecified atom stereocenters. The Morgan fingerprint density at radius 2 is 1.00 bits per heavy atom. The zero-order chi connectivity index (χ0) is 34.2. The number of hydrogen-bond acceptors (Lipinski definition) is 4. The molecule has 2 aromatic rings. The Bertz CT molecular complexity index is 1280. The summed E-state index contributed by atoms with van der Waals surface area (Å²) in [4.78, 5) is 0. The lowest BCUT2D eigenvalue weighted by molar-refractivity contribution is 0.0504. The molecular weight excluding hydrogens is 618 g/mol. The van der Waals surface area contributed by atoms with E-state index in [2.05, 4.69) is 54.7 Å². The normalized spacial score (nSPS) is 27.7. The lowest BCUT2D eigenvalue weighted by Gasteiger charge is -2.39. The Hall–Kier alpha value is -1.70. The van der Waals surface area contributed by atoms with Crippen molar-refractivity contribution in [1.82, 2.24) is 0 Å². The summed E-state index contributed by atoms with van der Waals surface area (Å²) in [5, 5.41) is 2.90. The van der Waals surface area contributed by atoms with Crippen molar-refractivity contribution in [1.29, 1.82) is 0 Å². The molecule has 2 fully saturated rings. The predicted molar refractivity (Wildman–Crippen MR) is 201 cm³/mol. The molecule has 0 saturated heterocycles. The summed E-state index contributed by atoms with van der Waals surface area (Å²) in [5.41, 5.74) is 0. The molecule has 0 aromatic heterocycles. The largest absolute Gasteiger partial charge is 0.319 e. The van der Waals surface area contributed by atoms with E-state index in [-0.39, 0.29) is 12.2 Å². The fourth-order valence-electron chi connectivity index (χ4n) is 7.87. The van der Waals surface area contributed by atoms with E-state index >= 15 is 0 Å². The molecule has 8 atom stereocenters. The average molecular weight is 681 g/mol. The van der Waals surface area contributed by atoms with E-state index in [0.717, 1.165) is 55.6 Å². The molecule has 6 heteroatoms. The van der Waals surface area contributed by atoms with Gasteiger partial charge in [-0.25, -0.2) is 0 Å². The van der Waals surface area contributed by atoms with Crippen LogP contribution in [-0.4, -0.2) is 12.2 Å². The summed E-state index contributed by atoms with van der Waals surface area (Å²) in [6, 6.07) is 19.4. The standard InChI is InChI=1S/C41H62O4P2/c1-30(2)38-26-24-32(5)28-40(38)44-46(42,36-20-14-10-15-21-36)34(7)18-12-9-13-19-35(8)47(43,37-22-16-11-17-23-37)45-41-29-33(6)25-27-39(41)31(3)4/h10-11,14-17,20-23,30-33,38-41H,7-9,12-13,18-19,24-29H2,1-6H3/t32-,33-,38+,39+,40-,41-,46-,47-/m1/s1. The Morgan fingerprint density at radius 3 is 1.34 bits per heavy atom. The minimum atomic E-state index is -3.29. The van der Waals surface area contributed by atoms with Gasteiger partial charge in [0.2, 0.25) is 0 Å². The third-order valence-corrected chi connectivity index (χ3v) is 16.1. The highest BCUT2D eigenvalue weighted by molar-refractivity contribution is 7.71. The molecule has 2 saturated carbocycles. The SMILES string of the molecule is C=C(CCCCCC(=C)[P@@](=O)(O[C@@H]1C[C@H](C)CC[C@H]1C(C)C)c1ccccc1)[P@@](=O)(O[C@@H]1C[C@H](C)CC[C@H]1C(C)C)c1ccccc1. The molecule has 0 heterocycles. The van der Waals surface area contributed by atoms with Crippen LogP contribution in [0.3, 0.4) is 0 Å². The van der Waals surface area contributed by atoms with Crippen LogP contribution in [0.1, 0.15) is 112 Å². The van der Waals surface area contributed by atoms with E-state index in [1.54, 1.807) is 0 Å². The van der Waals surface area contributed by atoms with E-state index in [0.29, 0.717) is 59.0 Å². The van der Waals surface area contributed by atoms with Crippen molar-refractivity contribution in [3.05, 3.63) is 84.4 Å². The maximum absolute atomic E-state index is 14.8. The van der Waals surface area contributed by atoms with Gasteiger partial charge in [-0.2, -0.15) is 0 Å². The van der Waals surface area contributed by atoms with Gasteiger partial charge in [-0.05, 0) is 111 Å². The second-order valence-electron chi connectivity index (χ2n) is 15.4. The molecule has 0 bridgehead atoms. The van der Waals surface area contributed by atoms with Crippen molar-refractivity contribution in [3.8, 4) is 0 Å². The van der Waals surface area contributed by atoms with Gasteiger partial charge in [0.05, 0.1) is 12.2 Å². The molecule has 4 nitrogen and oxygen atoms in total. The Morgan fingerprint density at radius 1 is 0.638 bits per heavy atom. The van der Waals surface area contributed by atoms with Crippen molar-refractivity contribution in [3.63, 3.8) is 0 Å². The van der Waals surface area contributed by atoms with E-state index in [4.69, 9.17) is 9.05 Å². The van der Waals surface area contributed by atoms with Gasteiger partial charge in [0.15, 0.2) is 0 Å². The highest BCUT2D eigenvalue weighted by Crippen LogP contribution is 2.59. The van der Waals surface area contributed by atoms with Crippen molar-refractivity contribution in [2.24, 2.45) is 35.5 Å². The van der Waals surface area contributed by atoms with Crippen LogP contribution in [0.4, 0.5) is 0 Å². The quantitative estimate of drug-likeness (QED) is 0.131. The van der Waals surface area contributed by atoms with Crippen molar-refractivity contribution < 1.29 is 18.2 Å². The maximum atomic E-state index is 14.8. The molecule has 0 amide bonds. The minimum Gasteiger partial charge on any atom is -0.319 e. The zero-order valence-corrected chi connectivity index (χ0v) is 31.9. The topological polar surface area (TPSA) is 52.6 Å². The fraction of sp³-hybridized carbons (Fsp3) is 0.610. The van der Waals surface area contributed by atoms with Gasteiger partial charge in [-0.15, -0.1) is 0 Å². The summed E-state index contributed by atoms with van der Waals surface area (Å²) in [7, 11) is -6.57.